The molecule has 0 saturated heterocycles. The largest absolute Gasteiger partial charge is 0.414 e. The summed E-state index contributed by atoms with van der Waals surface area (Å²) >= 11 is 2.56. The Hall–Kier alpha value is 0.514. The molecule has 242 valence electrons. The molecule has 2 fully saturated rings. The molecule has 1 heterocycles. The molecule has 0 N–H and O–H groups in total. The molecule has 42 heavy (non-hydrogen) atoms. The molecule has 7 atom stereocenters. The quantitative estimate of drug-likeness (QED) is 0.113. The summed E-state index contributed by atoms with van der Waals surface area (Å²) in [5, 5.41) is -0.357. The fraction of sp³-hybridized carbons (Fsp3) is 0.882. The number of halogens is 1. The van der Waals surface area contributed by atoms with Gasteiger partial charge in [-0.2, -0.15) is 0 Å². The lowest BCUT2D eigenvalue weighted by Crippen LogP contribution is -2.49. The van der Waals surface area contributed by atoms with Crippen molar-refractivity contribution in [3.05, 3.63) is 22.8 Å². The second kappa shape index (κ2) is 11.9. The van der Waals surface area contributed by atoms with Crippen molar-refractivity contribution in [1.29, 1.82) is 0 Å². The Labute approximate surface area is 275 Å². The van der Waals surface area contributed by atoms with E-state index in [0.29, 0.717) is 17.3 Å². The first kappa shape index (κ1) is 35.4. The highest BCUT2D eigenvalue weighted by molar-refractivity contribution is 14.1. The van der Waals surface area contributed by atoms with Gasteiger partial charge in [0.2, 0.25) is 0 Å². The van der Waals surface area contributed by atoms with Gasteiger partial charge in [0.1, 0.15) is 5.25 Å². The summed E-state index contributed by atoms with van der Waals surface area (Å²) in [6.07, 6.45) is 9.58. The van der Waals surface area contributed by atoms with Crippen LogP contribution < -0.4 is 0 Å². The van der Waals surface area contributed by atoms with Crippen LogP contribution in [0.2, 0.25) is 36.3 Å². The van der Waals surface area contributed by atoms with Crippen LogP contribution >= 0.6 is 22.6 Å². The van der Waals surface area contributed by atoms with Crippen molar-refractivity contribution in [2.45, 2.75) is 154 Å². The highest BCUT2D eigenvalue weighted by Crippen LogP contribution is 2.60. The summed E-state index contributed by atoms with van der Waals surface area (Å²) < 4.78 is 43.5. The van der Waals surface area contributed by atoms with Crippen LogP contribution in [0, 0.1) is 23.2 Å². The third-order valence-corrected chi connectivity index (χ3v) is 25.0. The number of hydrogen-bond acceptors (Lipinski definition) is 4. The first-order chi connectivity index (χ1) is 19.0. The number of fused-ring (bicyclic) bond motifs is 1. The van der Waals surface area contributed by atoms with Crippen molar-refractivity contribution < 1.29 is 17.3 Å². The molecule has 3 aliphatic carbocycles. The molecule has 1 aliphatic heterocycles. The summed E-state index contributed by atoms with van der Waals surface area (Å²) in [6.45, 7) is 27.9. The topological polar surface area (TPSA) is 52.6 Å². The van der Waals surface area contributed by atoms with Crippen molar-refractivity contribution in [1.82, 2.24) is 0 Å². The summed E-state index contributed by atoms with van der Waals surface area (Å²) in [5.74, 6) is 2.12. The molecule has 0 radical (unpaired) electrons. The molecule has 0 unspecified atom stereocenters. The summed E-state index contributed by atoms with van der Waals surface area (Å²) in [5.41, 5.74) is 3.91. The Bertz CT molecular complexity index is 1190. The second-order valence-electron chi connectivity index (χ2n) is 17.6. The van der Waals surface area contributed by atoms with Crippen molar-refractivity contribution in [3.63, 3.8) is 0 Å². The number of hydrogen-bond donors (Lipinski definition) is 0. The summed E-state index contributed by atoms with van der Waals surface area (Å²) in [7, 11) is -7.50. The Morgan fingerprint density at radius 3 is 2.17 bits per heavy atom. The van der Waals surface area contributed by atoms with Crippen molar-refractivity contribution in [2.75, 3.05) is 10.2 Å². The number of alkyl halides is 1. The Kier molecular flexibility index (Phi) is 10.1. The molecule has 0 spiro atoms. The van der Waals surface area contributed by atoms with E-state index in [1.165, 1.54) is 35.7 Å². The van der Waals surface area contributed by atoms with E-state index >= 15 is 0 Å². The average Bonchev–Trinajstić information content (AvgIpc) is 3.31. The second-order valence-corrected chi connectivity index (χ2v) is 30.1. The molecular formula is C34H61IO4SSi2. The lowest BCUT2D eigenvalue weighted by molar-refractivity contribution is 0.0978. The molecule has 0 aromatic rings. The molecule has 4 aliphatic rings. The van der Waals surface area contributed by atoms with Crippen molar-refractivity contribution >= 4 is 49.1 Å². The van der Waals surface area contributed by atoms with Gasteiger partial charge in [0, 0.05) is 10.8 Å². The lowest BCUT2D eigenvalue weighted by Gasteiger charge is -2.45. The molecule has 0 bridgehead atoms. The zero-order chi connectivity index (χ0) is 31.7. The van der Waals surface area contributed by atoms with Crippen LogP contribution in [-0.4, -0.2) is 52.7 Å². The van der Waals surface area contributed by atoms with Gasteiger partial charge in [-0.25, -0.2) is 8.42 Å². The van der Waals surface area contributed by atoms with E-state index < -0.39 is 31.7 Å². The van der Waals surface area contributed by atoms with E-state index in [-0.39, 0.29) is 28.0 Å². The summed E-state index contributed by atoms with van der Waals surface area (Å²) in [4.78, 5) is 0. The number of allylic oxidation sites excluding steroid dienone is 1. The fourth-order valence-electron chi connectivity index (χ4n) is 8.11. The smallest absolute Gasteiger partial charge is 0.192 e. The SMILES string of the molecule is C[C@H](CI)[C@H]1CC[C@H]2/C(=C/[C@H]3C4=C(CS3(=O)=O)[C@@H](O[Si](C)(C)C(C)(C)C)C[C@H](O[Si](C)(C)C(C)(C)C)C4)CCC[C@]12C. The molecule has 8 heteroatoms. The van der Waals surface area contributed by atoms with Gasteiger partial charge in [0.05, 0.1) is 18.0 Å². The van der Waals surface area contributed by atoms with Gasteiger partial charge >= 0.3 is 0 Å². The molecule has 4 nitrogen and oxygen atoms in total. The van der Waals surface area contributed by atoms with Gasteiger partial charge in [-0.3, -0.25) is 0 Å². The third-order valence-electron chi connectivity index (χ3n) is 12.7. The summed E-state index contributed by atoms with van der Waals surface area (Å²) in [6, 6.07) is 0. The maximum atomic E-state index is 14.1. The zero-order valence-corrected chi connectivity index (χ0v) is 33.8. The van der Waals surface area contributed by atoms with Gasteiger partial charge in [-0.15, -0.1) is 0 Å². The highest BCUT2D eigenvalue weighted by atomic mass is 127. The predicted molar refractivity (Wildman–Crippen MR) is 192 cm³/mol. The lowest BCUT2D eigenvalue weighted by atomic mass is 9.61. The third kappa shape index (κ3) is 6.65. The highest BCUT2D eigenvalue weighted by Gasteiger charge is 2.53. The molecule has 0 aromatic heterocycles. The van der Waals surface area contributed by atoms with Crippen LogP contribution in [0.3, 0.4) is 0 Å². The van der Waals surface area contributed by atoms with E-state index in [1.807, 2.05) is 0 Å². The van der Waals surface area contributed by atoms with Gasteiger partial charge in [-0.05, 0) is 109 Å². The van der Waals surface area contributed by atoms with E-state index in [0.717, 1.165) is 36.3 Å². The zero-order valence-electron chi connectivity index (χ0n) is 28.8. The van der Waals surface area contributed by atoms with Crippen LogP contribution in [0.4, 0.5) is 0 Å². The van der Waals surface area contributed by atoms with Crippen LogP contribution in [0.25, 0.3) is 0 Å². The van der Waals surface area contributed by atoms with Gasteiger partial charge in [0.25, 0.3) is 0 Å². The van der Waals surface area contributed by atoms with Crippen LogP contribution in [0.5, 0.6) is 0 Å². The first-order valence-corrected chi connectivity index (χ1v) is 25.7. The molecular weight excluding hydrogens is 688 g/mol. The van der Waals surface area contributed by atoms with Crippen LogP contribution in [-0.2, 0) is 18.7 Å². The fourth-order valence-corrected chi connectivity index (χ4v) is 13.4. The van der Waals surface area contributed by atoms with Crippen molar-refractivity contribution in [2.24, 2.45) is 23.2 Å². The Balaban J connectivity index is 1.74. The van der Waals surface area contributed by atoms with E-state index in [9.17, 15) is 8.42 Å². The molecule has 2 saturated carbocycles. The van der Waals surface area contributed by atoms with E-state index in [4.69, 9.17) is 8.85 Å². The standard InChI is InChI=1S/C34H61IO4SSi2/c1-23(21-35)28-15-16-29-24(14-13-17-34(28,29)8)18-31-26-19-25(38-41(9,10)32(2,3)4)20-30(27(26)22-40(31,36)37)39-42(11,12)33(5,6)7/h18,23,25,28-31H,13-17,19-22H2,1-12H3/b24-18+/t23-,25-,28-,29+,30+,31+,34-/m1/s1. The van der Waals surface area contributed by atoms with E-state index in [2.05, 4.69) is 110 Å². The predicted octanol–water partition coefficient (Wildman–Crippen LogP) is 9.87. The van der Waals surface area contributed by atoms with Gasteiger partial charge in [-0.1, -0.05) is 89.6 Å². The normalized spacial score (nSPS) is 35.8. The van der Waals surface area contributed by atoms with Gasteiger partial charge in [0.15, 0.2) is 26.5 Å². The molecule has 0 amide bonds. The van der Waals surface area contributed by atoms with Gasteiger partial charge < -0.3 is 8.85 Å². The van der Waals surface area contributed by atoms with Crippen molar-refractivity contribution in [3.8, 4) is 0 Å². The maximum absolute atomic E-state index is 14.1. The number of rotatable bonds is 7. The number of sulfone groups is 1. The minimum atomic E-state index is -3.33. The maximum Gasteiger partial charge on any atom is 0.192 e. The van der Waals surface area contributed by atoms with Crippen LogP contribution in [0.15, 0.2) is 22.8 Å². The average molecular weight is 749 g/mol. The molecule has 0 aromatic carbocycles. The first-order valence-electron chi connectivity index (χ1n) is 16.6. The minimum Gasteiger partial charge on any atom is -0.414 e. The monoisotopic (exact) mass is 748 g/mol. The van der Waals surface area contributed by atoms with Crippen LogP contribution in [0.1, 0.15) is 100 Å². The Morgan fingerprint density at radius 1 is 1.00 bits per heavy atom. The van der Waals surface area contributed by atoms with E-state index in [1.54, 1.807) is 0 Å². The minimum absolute atomic E-state index is 0.00518. The Morgan fingerprint density at radius 2 is 1.60 bits per heavy atom. The molecule has 4 rings (SSSR count).